The SMILES string of the molecule is C=CCn1c(S[C@@H](c2ccccc2)c2ccc(Cl)cc2)nnc1-c1ccccc1. The lowest BCUT2D eigenvalue weighted by atomic mass is 10.0. The van der Waals surface area contributed by atoms with E-state index in [1.54, 1.807) is 11.8 Å². The van der Waals surface area contributed by atoms with E-state index in [-0.39, 0.29) is 5.25 Å². The van der Waals surface area contributed by atoms with Crippen LogP contribution < -0.4 is 0 Å². The summed E-state index contributed by atoms with van der Waals surface area (Å²) in [4.78, 5) is 0. The minimum Gasteiger partial charge on any atom is -0.298 e. The fourth-order valence-electron chi connectivity index (χ4n) is 3.17. The van der Waals surface area contributed by atoms with E-state index in [4.69, 9.17) is 11.6 Å². The Balaban J connectivity index is 1.75. The Morgan fingerprint density at radius 3 is 2.14 bits per heavy atom. The molecule has 3 nitrogen and oxygen atoms in total. The highest BCUT2D eigenvalue weighted by atomic mass is 35.5. The van der Waals surface area contributed by atoms with Crippen molar-refractivity contribution in [2.24, 2.45) is 0 Å². The molecule has 4 aromatic rings. The number of rotatable bonds is 7. The Kier molecular flexibility index (Phi) is 6.13. The van der Waals surface area contributed by atoms with Crippen molar-refractivity contribution in [2.75, 3.05) is 0 Å². The second kappa shape index (κ2) is 9.12. The normalized spacial score (nSPS) is 11.9. The van der Waals surface area contributed by atoms with Crippen molar-refractivity contribution < 1.29 is 0 Å². The first-order chi connectivity index (χ1) is 14.3. The van der Waals surface area contributed by atoms with Crippen LogP contribution >= 0.6 is 23.4 Å². The summed E-state index contributed by atoms with van der Waals surface area (Å²) in [6, 6.07) is 28.5. The van der Waals surface area contributed by atoms with Gasteiger partial charge in [-0.05, 0) is 23.3 Å². The Bertz CT molecular complexity index is 1080. The van der Waals surface area contributed by atoms with Crippen LogP contribution in [0, 0.1) is 0 Å². The summed E-state index contributed by atoms with van der Waals surface area (Å²) in [5.74, 6) is 0.843. The monoisotopic (exact) mass is 417 g/mol. The third-order valence-corrected chi connectivity index (χ3v) is 6.10. The van der Waals surface area contributed by atoms with Crippen LogP contribution in [0.2, 0.25) is 5.02 Å². The molecule has 1 aromatic heterocycles. The van der Waals surface area contributed by atoms with Gasteiger partial charge in [0.2, 0.25) is 0 Å². The van der Waals surface area contributed by atoms with Gasteiger partial charge >= 0.3 is 0 Å². The van der Waals surface area contributed by atoms with Gasteiger partial charge in [0, 0.05) is 17.1 Å². The van der Waals surface area contributed by atoms with Crippen molar-refractivity contribution in [1.82, 2.24) is 14.8 Å². The molecule has 0 radical (unpaired) electrons. The van der Waals surface area contributed by atoms with Crippen molar-refractivity contribution in [3.8, 4) is 11.4 Å². The minimum atomic E-state index is 0.0739. The van der Waals surface area contributed by atoms with E-state index in [9.17, 15) is 0 Å². The molecule has 0 aliphatic heterocycles. The first-order valence-electron chi connectivity index (χ1n) is 9.33. The smallest absolute Gasteiger partial charge is 0.192 e. The second-order valence-electron chi connectivity index (χ2n) is 6.53. The zero-order valence-electron chi connectivity index (χ0n) is 15.8. The lowest BCUT2D eigenvalue weighted by Crippen LogP contribution is -2.03. The van der Waals surface area contributed by atoms with Gasteiger partial charge in [0.1, 0.15) is 0 Å². The molecule has 144 valence electrons. The molecular weight excluding hydrogens is 398 g/mol. The minimum absolute atomic E-state index is 0.0739. The Hall–Kier alpha value is -2.82. The summed E-state index contributed by atoms with van der Waals surface area (Å²) in [6.07, 6.45) is 1.87. The van der Waals surface area contributed by atoms with Crippen LogP contribution in [0.25, 0.3) is 11.4 Å². The predicted molar refractivity (Wildman–Crippen MR) is 121 cm³/mol. The number of benzene rings is 3. The molecule has 3 aromatic carbocycles. The van der Waals surface area contributed by atoms with Gasteiger partial charge in [-0.25, -0.2) is 0 Å². The molecule has 0 spiro atoms. The summed E-state index contributed by atoms with van der Waals surface area (Å²) >= 11 is 7.80. The lowest BCUT2D eigenvalue weighted by Gasteiger charge is -2.18. The van der Waals surface area contributed by atoms with E-state index in [0.29, 0.717) is 6.54 Å². The highest BCUT2D eigenvalue weighted by Gasteiger charge is 2.21. The van der Waals surface area contributed by atoms with Crippen LogP contribution in [-0.2, 0) is 6.54 Å². The molecule has 4 rings (SSSR count). The third-order valence-electron chi connectivity index (χ3n) is 4.56. The number of hydrogen-bond donors (Lipinski definition) is 0. The van der Waals surface area contributed by atoms with Crippen LogP contribution in [0.5, 0.6) is 0 Å². The predicted octanol–water partition coefficient (Wildman–Crippen LogP) is 6.67. The molecule has 0 fully saturated rings. The van der Waals surface area contributed by atoms with E-state index in [1.807, 2.05) is 54.6 Å². The molecule has 0 saturated heterocycles. The number of aromatic nitrogens is 3. The molecule has 0 aliphatic rings. The molecule has 0 aliphatic carbocycles. The van der Waals surface area contributed by atoms with Gasteiger partial charge in [-0.3, -0.25) is 4.57 Å². The van der Waals surface area contributed by atoms with Crippen molar-refractivity contribution in [2.45, 2.75) is 17.0 Å². The summed E-state index contributed by atoms with van der Waals surface area (Å²) in [7, 11) is 0. The van der Waals surface area contributed by atoms with Crippen LogP contribution in [0.3, 0.4) is 0 Å². The summed E-state index contributed by atoms with van der Waals surface area (Å²) in [6.45, 7) is 4.56. The topological polar surface area (TPSA) is 30.7 Å². The molecule has 0 amide bonds. The Morgan fingerprint density at radius 1 is 0.862 bits per heavy atom. The first-order valence-corrected chi connectivity index (χ1v) is 10.6. The van der Waals surface area contributed by atoms with Crippen molar-refractivity contribution in [3.05, 3.63) is 114 Å². The van der Waals surface area contributed by atoms with Crippen molar-refractivity contribution >= 4 is 23.4 Å². The molecule has 0 N–H and O–H groups in total. The molecule has 1 heterocycles. The van der Waals surface area contributed by atoms with Gasteiger partial charge in [0.05, 0.1) is 5.25 Å². The zero-order chi connectivity index (χ0) is 20.1. The molecular formula is C24H20ClN3S. The first kappa shape index (κ1) is 19.5. The largest absolute Gasteiger partial charge is 0.298 e. The van der Waals surface area contributed by atoms with Crippen molar-refractivity contribution in [1.29, 1.82) is 0 Å². The van der Waals surface area contributed by atoms with Gasteiger partial charge in [0.15, 0.2) is 11.0 Å². The summed E-state index contributed by atoms with van der Waals surface area (Å²) in [5, 5.41) is 10.7. The average molecular weight is 418 g/mol. The Morgan fingerprint density at radius 2 is 1.48 bits per heavy atom. The van der Waals surface area contributed by atoms with Crippen LogP contribution in [-0.4, -0.2) is 14.8 Å². The summed E-state index contributed by atoms with van der Waals surface area (Å²) < 4.78 is 2.11. The van der Waals surface area contributed by atoms with Gasteiger partial charge in [-0.1, -0.05) is 102 Å². The number of hydrogen-bond acceptors (Lipinski definition) is 3. The molecule has 29 heavy (non-hydrogen) atoms. The Labute approximate surface area is 180 Å². The fourth-order valence-corrected chi connectivity index (χ4v) is 4.47. The van der Waals surface area contributed by atoms with Crippen LogP contribution in [0.15, 0.2) is 103 Å². The van der Waals surface area contributed by atoms with E-state index >= 15 is 0 Å². The van der Waals surface area contributed by atoms with E-state index in [0.717, 1.165) is 21.6 Å². The van der Waals surface area contributed by atoms with Crippen LogP contribution in [0.1, 0.15) is 16.4 Å². The maximum absolute atomic E-state index is 6.12. The second-order valence-corrected chi connectivity index (χ2v) is 8.04. The fraction of sp³-hybridized carbons (Fsp3) is 0.0833. The molecule has 5 heteroatoms. The van der Waals surface area contributed by atoms with Gasteiger partial charge in [-0.2, -0.15) is 0 Å². The van der Waals surface area contributed by atoms with Crippen molar-refractivity contribution in [3.63, 3.8) is 0 Å². The van der Waals surface area contributed by atoms with E-state index in [1.165, 1.54) is 11.1 Å². The maximum atomic E-state index is 6.12. The summed E-state index contributed by atoms with van der Waals surface area (Å²) in [5.41, 5.74) is 3.41. The molecule has 0 bridgehead atoms. The van der Waals surface area contributed by atoms with Gasteiger partial charge in [0.25, 0.3) is 0 Å². The number of allylic oxidation sites excluding steroid dienone is 1. The van der Waals surface area contributed by atoms with Gasteiger partial charge < -0.3 is 0 Å². The van der Waals surface area contributed by atoms with Gasteiger partial charge in [-0.15, -0.1) is 16.8 Å². The lowest BCUT2D eigenvalue weighted by molar-refractivity contribution is 0.729. The molecule has 0 saturated carbocycles. The zero-order valence-corrected chi connectivity index (χ0v) is 17.4. The number of nitrogens with zero attached hydrogens (tertiary/aromatic N) is 3. The van der Waals surface area contributed by atoms with E-state index < -0.39 is 0 Å². The molecule has 1 atom stereocenters. The quantitative estimate of drug-likeness (QED) is 0.248. The van der Waals surface area contributed by atoms with E-state index in [2.05, 4.69) is 57.7 Å². The highest BCUT2D eigenvalue weighted by Crippen LogP contribution is 2.40. The number of thioether (sulfide) groups is 1. The third kappa shape index (κ3) is 4.44. The standard InChI is InChI=1S/C24H20ClN3S/c1-2-17-28-23(20-11-7-4-8-12-20)26-27-24(28)29-22(18-9-5-3-6-10-18)19-13-15-21(25)16-14-19/h2-16,22H,1,17H2/t22-/m0/s1. The average Bonchev–Trinajstić information content (AvgIpc) is 3.17. The maximum Gasteiger partial charge on any atom is 0.192 e. The van der Waals surface area contributed by atoms with Crippen LogP contribution in [0.4, 0.5) is 0 Å². The number of halogens is 1. The molecule has 0 unspecified atom stereocenters. The highest BCUT2D eigenvalue weighted by molar-refractivity contribution is 7.99.